The van der Waals surface area contributed by atoms with E-state index in [1.807, 2.05) is 0 Å². The third-order valence-corrected chi connectivity index (χ3v) is 5.60. The number of benzene rings is 1. The minimum atomic E-state index is -0.669. The zero-order valence-corrected chi connectivity index (χ0v) is 17.7. The Hall–Kier alpha value is -2.70. The Labute approximate surface area is 178 Å². The number of nitrogen functional groups attached to an aromatic ring is 1. The summed E-state index contributed by atoms with van der Waals surface area (Å²) in [5, 5.41) is 12.5. The molecule has 3 aromatic rings. The third-order valence-electron chi connectivity index (χ3n) is 3.43. The van der Waals surface area contributed by atoms with Crippen LogP contribution in [-0.4, -0.2) is 49.7 Å². The predicted molar refractivity (Wildman–Crippen MR) is 107 cm³/mol. The normalized spacial score (nSPS) is 10.7. The van der Waals surface area contributed by atoms with Crippen LogP contribution < -0.4 is 5.73 Å². The van der Waals surface area contributed by atoms with E-state index in [0.29, 0.717) is 20.6 Å². The first-order valence-corrected chi connectivity index (χ1v) is 10.3. The lowest BCUT2D eigenvalue weighted by molar-refractivity contribution is 0.0507. The van der Waals surface area contributed by atoms with E-state index in [9.17, 15) is 9.59 Å². The Balaban J connectivity index is 2.10. The Bertz CT molecular complexity index is 1050. The van der Waals surface area contributed by atoms with Crippen LogP contribution in [0.2, 0.25) is 5.02 Å². The van der Waals surface area contributed by atoms with Crippen LogP contribution in [0, 0.1) is 0 Å². The highest BCUT2D eigenvalue weighted by Crippen LogP contribution is 2.37. The van der Waals surface area contributed by atoms with Crippen molar-refractivity contribution in [3.05, 3.63) is 34.6 Å². The maximum absolute atomic E-state index is 12.4. The number of ether oxygens (including phenoxy) is 2. The fourth-order valence-corrected chi connectivity index (χ4v) is 4.11. The molecular weight excluding hydrogens is 440 g/mol. The van der Waals surface area contributed by atoms with Crippen molar-refractivity contribution in [1.82, 2.24) is 24.6 Å². The van der Waals surface area contributed by atoms with Crippen LogP contribution in [0.25, 0.3) is 5.69 Å². The molecule has 0 radical (unpaired) electrons. The summed E-state index contributed by atoms with van der Waals surface area (Å²) in [6.07, 6.45) is 0. The summed E-state index contributed by atoms with van der Waals surface area (Å²) >= 11 is 8.09. The average molecular weight is 455 g/mol. The molecule has 0 aliphatic carbocycles. The van der Waals surface area contributed by atoms with Crippen LogP contribution in [0.15, 0.2) is 27.4 Å². The number of carbonyl (C=O) groups excluding carboxylic acids is 2. The number of esters is 2. The van der Waals surface area contributed by atoms with E-state index in [1.165, 1.54) is 4.68 Å². The molecule has 0 fully saturated rings. The predicted octanol–water partition coefficient (Wildman–Crippen LogP) is 2.86. The number of carbonyl (C=O) groups is 2. The van der Waals surface area contributed by atoms with Crippen molar-refractivity contribution >= 4 is 52.5 Å². The van der Waals surface area contributed by atoms with Crippen molar-refractivity contribution in [2.75, 3.05) is 18.9 Å². The molecule has 0 bridgehead atoms. The molecule has 0 aliphatic heterocycles. The summed E-state index contributed by atoms with van der Waals surface area (Å²) in [5.41, 5.74) is 6.83. The second-order valence-corrected chi connectivity index (χ2v) is 7.76. The quantitative estimate of drug-likeness (QED) is 0.419. The molecule has 0 amide bonds. The minimum Gasteiger partial charge on any atom is -0.461 e. The van der Waals surface area contributed by atoms with E-state index in [-0.39, 0.29) is 29.6 Å². The van der Waals surface area contributed by atoms with Gasteiger partial charge in [0, 0.05) is 5.02 Å². The highest BCUT2D eigenvalue weighted by Gasteiger charge is 2.27. The van der Waals surface area contributed by atoms with Gasteiger partial charge in [0.15, 0.2) is 5.69 Å². The van der Waals surface area contributed by atoms with E-state index in [2.05, 4.69) is 19.9 Å². The molecule has 2 aromatic heterocycles. The van der Waals surface area contributed by atoms with Crippen LogP contribution in [0.3, 0.4) is 0 Å². The van der Waals surface area contributed by atoms with Gasteiger partial charge in [-0.3, -0.25) is 0 Å². The summed E-state index contributed by atoms with van der Waals surface area (Å²) in [6, 6.07) is 4.82. The van der Waals surface area contributed by atoms with E-state index in [0.717, 1.165) is 23.3 Å². The lowest BCUT2D eigenvalue weighted by Crippen LogP contribution is -2.09. The fourth-order valence-electron chi connectivity index (χ4n) is 2.21. The molecule has 13 heteroatoms. The van der Waals surface area contributed by atoms with E-state index >= 15 is 0 Å². The zero-order valence-electron chi connectivity index (χ0n) is 15.3. The van der Waals surface area contributed by atoms with Crippen molar-refractivity contribution in [1.29, 1.82) is 0 Å². The van der Waals surface area contributed by atoms with Crippen LogP contribution >= 0.6 is 34.9 Å². The number of rotatable bonds is 7. The first-order valence-electron chi connectivity index (χ1n) is 8.31. The van der Waals surface area contributed by atoms with Gasteiger partial charge < -0.3 is 15.2 Å². The van der Waals surface area contributed by atoms with Gasteiger partial charge >= 0.3 is 11.9 Å². The molecule has 29 heavy (non-hydrogen) atoms. The van der Waals surface area contributed by atoms with Crippen LogP contribution in [0.4, 0.5) is 5.69 Å². The smallest absolute Gasteiger partial charge is 0.361 e. The second kappa shape index (κ2) is 9.20. The van der Waals surface area contributed by atoms with Crippen molar-refractivity contribution in [3.63, 3.8) is 0 Å². The lowest BCUT2D eigenvalue weighted by atomic mass is 10.3. The Morgan fingerprint density at radius 1 is 1.17 bits per heavy atom. The van der Waals surface area contributed by atoms with Gasteiger partial charge in [-0.15, -0.1) is 10.2 Å². The first-order chi connectivity index (χ1) is 14.0. The van der Waals surface area contributed by atoms with Gasteiger partial charge in [-0.25, -0.2) is 14.3 Å². The van der Waals surface area contributed by atoms with Crippen LogP contribution in [0.5, 0.6) is 0 Å². The molecule has 152 valence electrons. The molecule has 2 heterocycles. The van der Waals surface area contributed by atoms with Crippen LogP contribution in [0.1, 0.15) is 34.8 Å². The molecule has 3 rings (SSSR count). The summed E-state index contributed by atoms with van der Waals surface area (Å²) in [7, 11) is 0. The summed E-state index contributed by atoms with van der Waals surface area (Å²) in [4.78, 5) is 24.5. The van der Waals surface area contributed by atoms with Crippen molar-refractivity contribution in [3.8, 4) is 5.69 Å². The number of anilines is 1. The molecule has 2 N–H and O–H groups in total. The highest BCUT2D eigenvalue weighted by atomic mass is 35.5. The zero-order chi connectivity index (χ0) is 21.0. The highest BCUT2D eigenvalue weighted by molar-refractivity contribution is 8.01. The number of hydrogen-bond donors (Lipinski definition) is 1. The summed E-state index contributed by atoms with van der Waals surface area (Å²) in [6.45, 7) is 3.71. The molecule has 1 aromatic carbocycles. The molecular formula is C16H15ClN6O4S2. The Morgan fingerprint density at radius 3 is 2.55 bits per heavy atom. The van der Waals surface area contributed by atoms with Gasteiger partial charge in [0.25, 0.3) is 0 Å². The largest absolute Gasteiger partial charge is 0.461 e. The van der Waals surface area contributed by atoms with Gasteiger partial charge in [-0.05, 0) is 43.6 Å². The SMILES string of the molecule is CCOC(=O)c1nnsc1Sc1c(C(=O)OCC)nnn1-c1cc(Cl)ccc1N. The maximum Gasteiger partial charge on any atom is 0.361 e. The topological polar surface area (TPSA) is 135 Å². The van der Waals surface area contributed by atoms with Gasteiger partial charge in [0.2, 0.25) is 5.69 Å². The first kappa shape index (κ1) is 21.0. The van der Waals surface area contributed by atoms with Crippen molar-refractivity contribution < 1.29 is 19.1 Å². The van der Waals surface area contributed by atoms with Gasteiger partial charge in [-0.2, -0.15) is 0 Å². The number of hydrogen-bond acceptors (Lipinski definition) is 11. The van der Waals surface area contributed by atoms with Gasteiger partial charge in [0.05, 0.1) is 24.6 Å². The molecule has 0 spiro atoms. The van der Waals surface area contributed by atoms with E-state index in [1.54, 1.807) is 32.0 Å². The molecule has 0 saturated carbocycles. The molecule has 10 nitrogen and oxygen atoms in total. The van der Waals surface area contributed by atoms with E-state index in [4.69, 9.17) is 26.8 Å². The van der Waals surface area contributed by atoms with E-state index < -0.39 is 11.9 Å². The number of halogens is 1. The standard InChI is InChI=1S/C16H15ClN6O4S2/c1-3-26-14(24)11-13(28-16-12(20-22-29-16)15(25)27-4-2)23(21-19-11)10-7-8(17)5-6-9(10)18/h5-7H,3-4,18H2,1-2H3. The van der Waals surface area contributed by atoms with Gasteiger partial charge in [-0.1, -0.05) is 33.1 Å². The average Bonchev–Trinajstić information content (AvgIpc) is 3.32. The molecule has 0 saturated heterocycles. The van der Waals surface area contributed by atoms with Crippen LogP contribution in [-0.2, 0) is 9.47 Å². The third kappa shape index (κ3) is 4.49. The van der Waals surface area contributed by atoms with Crippen molar-refractivity contribution in [2.24, 2.45) is 0 Å². The minimum absolute atomic E-state index is 0.0310. The number of nitrogens with two attached hydrogens (primary N) is 1. The second-order valence-electron chi connectivity index (χ2n) is 5.31. The monoisotopic (exact) mass is 454 g/mol. The Morgan fingerprint density at radius 2 is 1.86 bits per heavy atom. The summed E-state index contributed by atoms with van der Waals surface area (Å²) in [5.74, 6) is -1.29. The number of nitrogens with zero attached hydrogens (tertiary/aromatic N) is 5. The lowest BCUT2D eigenvalue weighted by Gasteiger charge is -2.09. The maximum atomic E-state index is 12.4. The number of aromatic nitrogens is 5. The molecule has 0 atom stereocenters. The molecule has 0 aliphatic rings. The summed E-state index contributed by atoms with van der Waals surface area (Å²) < 4.78 is 15.6. The van der Waals surface area contributed by atoms with Crippen molar-refractivity contribution in [2.45, 2.75) is 23.1 Å². The molecule has 0 unspecified atom stereocenters. The van der Waals surface area contributed by atoms with Gasteiger partial charge in [0.1, 0.15) is 9.24 Å². The Kier molecular flexibility index (Phi) is 6.67. The fraction of sp³-hybridized carbons (Fsp3) is 0.250.